The minimum absolute atomic E-state index is 0.0968. The molecule has 1 heterocycles. The molecule has 0 aromatic heterocycles. The van der Waals surface area contributed by atoms with Gasteiger partial charge in [-0.15, -0.1) is 0 Å². The van der Waals surface area contributed by atoms with Gasteiger partial charge in [-0.1, -0.05) is 45.5 Å². The molecule has 0 bridgehead atoms. The Morgan fingerprint density at radius 3 is 2.33 bits per heavy atom. The van der Waals surface area contributed by atoms with Crippen molar-refractivity contribution in [3.05, 3.63) is 23.9 Å². The maximum Gasteiger partial charge on any atom is 0.407 e. The van der Waals surface area contributed by atoms with Crippen LogP contribution in [0.1, 0.15) is 54.4 Å². The van der Waals surface area contributed by atoms with Crippen LogP contribution < -0.4 is 10.6 Å². The van der Waals surface area contributed by atoms with Crippen LogP contribution in [0.15, 0.2) is 34.1 Å². The van der Waals surface area contributed by atoms with Crippen molar-refractivity contribution in [2.45, 2.75) is 72.6 Å². The van der Waals surface area contributed by atoms with Gasteiger partial charge in [0.15, 0.2) is 6.10 Å². The van der Waals surface area contributed by atoms with Gasteiger partial charge in [0.1, 0.15) is 11.9 Å². The minimum atomic E-state index is -0.684. The summed E-state index contributed by atoms with van der Waals surface area (Å²) in [6, 6.07) is -0.929. The molecule has 2 amide bonds. The molecule has 1 fully saturated rings. The van der Waals surface area contributed by atoms with E-state index in [-0.39, 0.29) is 29.9 Å². The number of amides is 2. The Hall–Kier alpha value is -2.84. The number of alkyl carbamates (subject to hydrolysis) is 1. The summed E-state index contributed by atoms with van der Waals surface area (Å²) >= 11 is 0. The maximum atomic E-state index is 13.4. The Labute approximate surface area is 198 Å². The molecular formula is C24H41N5O4. The first-order chi connectivity index (χ1) is 15.6. The highest BCUT2D eigenvalue weighted by Crippen LogP contribution is 2.24. The number of ether oxygens (including phenoxy) is 1. The molecular weight excluding hydrogens is 422 g/mol. The summed E-state index contributed by atoms with van der Waals surface area (Å²) in [7, 11) is 2.97. The molecule has 0 radical (unpaired) electrons. The molecule has 33 heavy (non-hydrogen) atoms. The molecule has 3 atom stereocenters. The average Bonchev–Trinajstić information content (AvgIpc) is 3.26. The number of aliphatic imine (C=N–C) groups is 1. The van der Waals surface area contributed by atoms with E-state index in [0.29, 0.717) is 18.1 Å². The molecule has 2 N–H and O–H groups in total. The van der Waals surface area contributed by atoms with Crippen LogP contribution in [-0.4, -0.2) is 67.8 Å². The number of carbonyl (C=O) groups excluding carboxylic acids is 2. The molecule has 0 aromatic carbocycles. The lowest BCUT2D eigenvalue weighted by Gasteiger charge is -2.32. The van der Waals surface area contributed by atoms with Crippen LogP contribution >= 0.6 is 0 Å². The van der Waals surface area contributed by atoms with Crippen LogP contribution in [0.2, 0.25) is 0 Å². The van der Waals surface area contributed by atoms with Gasteiger partial charge in [0.2, 0.25) is 5.91 Å². The predicted molar refractivity (Wildman–Crippen MR) is 132 cm³/mol. The Bertz CT molecular complexity index is 773. The summed E-state index contributed by atoms with van der Waals surface area (Å²) in [6.07, 6.45) is 4.25. The lowest BCUT2D eigenvalue weighted by Crippen LogP contribution is -2.55. The monoisotopic (exact) mass is 463 g/mol. The highest BCUT2D eigenvalue weighted by Gasteiger charge is 2.38. The zero-order valence-electron chi connectivity index (χ0n) is 21.3. The maximum absolute atomic E-state index is 13.4. The Balaban J connectivity index is 3.08. The second-order valence-electron chi connectivity index (χ2n) is 8.64. The summed E-state index contributed by atoms with van der Waals surface area (Å²) < 4.78 is 4.70. The first-order valence-electron chi connectivity index (χ1n) is 11.5. The third kappa shape index (κ3) is 7.61. The topological polar surface area (TPSA) is 105 Å². The first-order valence-corrected chi connectivity index (χ1v) is 11.5. The number of nitrogens with one attached hydrogen (secondary N) is 2. The number of nitrogens with zero attached hydrogens (tertiary/aromatic N) is 3. The van der Waals surface area contributed by atoms with Gasteiger partial charge in [-0.05, 0) is 38.5 Å². The first kappa shape index (κ1) is 28.2. The Morgan fingerprint density at radius 1 is 1.18 bits per heavy atom. The minimum Gasteiger partial charge on any atom is -0.453 e. The van der Waals surface area contributed by atoms with E-state index in [1.807, 2.05) is 26.8 Å². The standard InChI is InChI=1S/C24H41N5O4/c1-10-18(21(16(5)6)33-26-11-2)17(7)27-22(25-8)19-13-12-14-29(19)23(30)20(15(3)4)28-24(31)32-9/h10-11,15-16,19-21H,7,12-14H2,1-6,8-9H3,(H,25,27)(H,28,31). The number of amidine groups is 1. The van der Waals surface area contributed by atoms with E-state index in [2.05, 4.69) is 41.2 Å². The third-order valence-electron chi connectivity index (χ3n) is 5.61. The van der Waals surface area contributed by atoms with Gasteiger partial charge in [-0.2, -0.15) is 0 Å². The van der Waals surface area contributed by atoms with Crippen molar-refractivity contribution in [1.82, 2.24) is 15.5 Å². The molecule has 9 heteroatoms. The van der Waals surface area contributed by atoms with Crippen molar-refractivity contribution in [3.8, 4) is 0 Å². The van der Waals surface area contributed by atoms with Crippen LogP contribution in [-0.2, 0) is 14.4 Å². The second kappa shape index (κ2) is 13.6. The van der Waals surface area contributed by atoms with Gasteiger partial charge in [0.05, 0.1) is 13.2 Å². The van der Waals surface area contributed by atoms with E-state index in [1.165, 1.54) is 7.11 Å². The highest BCUT2D eigenvalue weighted by molar-refractivity contribution is 5.95. The van der Waals surface area contributed by atoms with E-state index in [1.54, 1.807) is 25.1 Å². The number of oxime groups is 1. The summed E-state index contributed by atoms with van der Waals surface area (Å²) in [4.78, 5) is 37.0. The number of hydrogen-bond donors (Lipinski definition) is 2. The van der Waals surface area contributed by atoms with Crippen molar-refractivity contribution >= 4 is 24.1 Å². The molecule has 1 aliphatic heterocycles. The molecule has 186 valence electrons. The number of likely N-dealkylation sites (tertiary alicyclic amines) is 1. The van der Waals surface area contributed by atoms with Gasteiger partial charge in [0, 0.05) is 31.1 Å². The summed E-state index contributed by atoms with van der Waals surface area (Å²) in [5.41, 5.74) is 1.52. The highest BCUT2D eigenvalue weighted by atomic mass is 16.6. The molecule has 1 aliphatic rings. The van der Waals surface area contributed by atoms with Crippen LogP contribution in [0, 0.1) is 11.8 Å². The quantitative estimate of drug-likeness (QED) is 0.223. The molecule has 0 aliphatic carbocycles. The fourth-order valence-corrected chi connectivity index (χ4v) is 3.88. The van der Waals surface area contributed by atoms with Crippen molar-refractivity contribution in [2.75, 3.05) is 20.7 Å². The molecule has 0 aromatic rings. The fourth-order valence-electron chi connectivity index (χ4n) is 3.88. The number of hydrogen-bond acceptors (Lipinski definition) is 6. The van der Waals surface area contributed by atoms with Crippen molar-refractivity contribution in [2.24, 2.45) is 22.0 Å². The normalized spacial score (nSPS) is 19.1. The van der Waals surface area contributed by atoms with Crippen LogP contribution in [0.25, 0.3) is 0 Å². The fraction of sp³-hybridized carbons (Fsp3) is 0.667. The molecule has 0 saturated carbocycles. The van der Waals surface area contributed by atoms with Crippen LogP contribution in [0.4, 0.5) is 4.79 Å². The number of methoxy groups -OCH3 is 1. The zero-order valence-corrected chi connectivity index (χ0v) is 21.3. The van der Waals surface area contributed by atoms with E-state index < -0.39 is 12.1 Å². The molecule has 3 unspecified atom stereocenters. The van der Waals surface area contributed by atoms with E-state index in [4.69, 9.17) is 9.57 Å². The predicted octanol–water partition coefficient (Wildman–Crippen LogP) is 3.48. The Kier molecular flexibility index (Phi) is 11.7. The van der Waals surface area contributed by atoms with Crippen molar-refractivity contribution in [3.63, 3.8) is 0 Å². The molecule has 1 saturated heterocycles. The van der Waals surface area contributed by atoms with Gasteiger partial charge in [-0.3, -0.25) is 9.79 Å². The van der Waals surface area contributed by atoms with Gasteiger partial charge in [-0.25, -0.2) is 4.79 Å². The summed E-state index contributed by atoms with van der Waals surface area (Å²) in [5.74, 6) is 0.562. The number of rotatable bonds is 10. The van der Waals surface area contributed by atoms with Gasteiger partial charge in [0.25, 0.3) is 0 Å². The second-order valence-corrected chi connectivity index (χ2v) is 8.64. The van der Waals surface area contributed by atoms with Crippen molar-refractivity contribution in [1.29, 1.82) is 0 Å². The largest absolute Gasteiger partial charge is 0.453 e. The lowest BCUT2D eigenvalue weighted by molar-refractivity contribution is -0.134. The third-order valence-corrected chi connectivity index (χ3v) is 5.61. The van der Waals surface area contributed by atoms with Crippen LogP contribution in [0.5, 0.6) is 0 Å². The van der Waals surface area contributed by atoms with E-state index in [9.17, 15) is 9.59 Å². The molecule has 1 rings (SSSR count). The number of carbonyl (C=O) groups is 2. The number of allylic oxidation sites excluding steroid dienone is 1. The summed E-state index contributed by atoms with van der Waals surface area (Å²) in [6.45, 7) is 16.4. The van der Waals surface area contributed by atoms with Gasteiger partial charge < -0.3 is 25.1 Å². The van der Waals surface area contributed by atoms with Gasteiger partial charge >= 0.3 is 6.09 Å². The average molecular weight is 464 g/mol. The SMILES string of the molecule is C=C(NC(=NC)C1CCCN1C(=O)C(NC(=O)OC)C(C)C)C(=CC)C(ON=CC)C(C)C. The lowest BCUT2D eigenvalue weighted by atomic mass is 9.96. The van der Waals surface area contributed by atoms with Crippen LogP contribution in [0.3, 0.4) is 0 Å². The zero-order chi connectivity index (χ0) is 25.1. The van der Waals surface area contributed by atoms with E-state index >= 15 is 0 Å². The van der Waals surface area contributed by atoms with Crippen molar-refractivity contribution < 1.29 is 19.2 Å². The van der Waals surface area contributed by atoms with E-state index in [0.717, 1.165) is 18.4 Å². The summed E-state index contributed by atoms with van der Waals surface area (Å²) in [5, 5.41) is 9.95. The molecule has 0 spiro atoms. The molecule has 9 nitrogen and oxygen atoms in total. The Morgan fingerprint density at radius 2 is 1.85 bits per heavy atom. The smallest absolute Gasteiger partial charge is 0.407 e.